The van der Waals surface area contributed by atoms with Crippen molar-refractivity contribution in [1.82, 2.24) is 10.2 Å². The minimum Gasteiger partial charge on any atom is -0.468 e. The predicted molar refractivity (Wildman–Crippen MR) is 58.9 cm³/mol. The molecule has 1 atom stereocenters. The average Bonchev–Trinajstić information content (AvgIpc) is 2.84. The van der Waals surface area contributed by atoms with Gasteiger partial charge in [-0.25, -0.2) is 0 Å². The molecule has 0 aliphatic heterocycles. The molecule has 0 bridgehead atoms. The first kappa shape index (κ1) is 10.4. The number of rotatable bonds is 3. The fourth-order valence-corrected chi connectivity index (χ4v) is 1.65. The van der Waals surface area contributed by atoms with Crippen molar-refractivity contribution in [1.29, 1.82) is 0 Å². The third-order valence-electron chi connectivity index (χ3n) is 2.42. The lowest BCUT2D eigenvalue weighted by atomic mass is 9.94. The van der Waals surface area contributed by atoms with Crippen LogP contribution in [0.5, 0.6) is 0 Å². The topological polar surface area (TPSA) is 55.0 Å². The molecule has 1 heterocycles. The molecule has 0 aliphatic carbocycles. The number of ether oxygens (including phenoxy) is 1. The summed E-state index contributed by atoms with van der Waals surface area (Å²) in [7, 11) is 1.39. The number of hydrogen-bond acceptors (Lipinski definition) is 3. The standard InChI is InChI=1S/C12H12N2O2/c1-16-12(15)11(10-7-13-14-8-10)9-5-3-2-4-6-9/h2-8,11H,1H3,(H,13,14). The number of aromatic amines is 1. The van der Waals surface area contributed by atoms with Gasteiger partial charge in [0, 0.05) is 11.8 Å². The van der Waals surface area contributed by atoms with Crippen LogP contribution in [0.25, 0.3) is 0 Å². The van der Waals surface area contributed by atoms with E-state index in [2.05, 4.69) is 10.2 Å². The van der Waals surface area contributed by atoms with Crippen LogP contribution < -0.4 is 0 Å². The first-order valence-corrected chi connectivity index (χ1v) is 4.94. The van der Waals surface area contributed by atoms with Gasteiger partial charge in [0.05, 0.1) is 13.3 Å². The molecule has 82 valence electrons. The van der Waals surface area contributed by atoms with Crippen molar-refractivity contribution in [3.05, 3.63) is 53.9 Å². The summed E-state index contributed by atoms with van der Waals surface area (Å²) in [6.07, 6.45) is 3.34. The first-order valence-electron chi connectivity index (χ1n) is 4.94. The summed E-state index contributed by atoms with van der Waals surface area (Å²) in [5.41, 5.74) is 1.70. The molecule has 0 spiro atoms. The fraction of sp³-hybridized carbons (Fsp3) is 0.167. The molecule has 0 saturated heterocycles. The molecule has 1 aromatic carbocycles. The van der Waals surface area contributed by atoms with Crippen LogP contribution in [0.15, 0.2) is 42.7 Å². The lowest BCUT2D eigenvalue weighted by Gasteiger charge is -2.12. The Hall–Kier alpha value is -2.10. The number of nitrogens with one attached hydrogen (secondary N) is 1. The van der Waals surface area contributed by atoms with E-state index in [9.17, 15) is 4.79 Å². The molecule has 1 unspecified atom stereocenters. The smallest absolute Gasteiger partial charge is 0.317 e. The van der Waals surface area contributed by atoms with Crippen molar-refractivity contribution in [2.45, 2.75) is 5.92 Å². The SMILES string of the molecule is COC(=O)C(c1ccccc1)c1cn[nH]c1. The Balaban J connectivity index is 2.40. The molecule has 0 saturated carbocycles. The molecule has 1 aromatic heterocycles. The van der Waals surface area contributed by atoms with E-state index >= 15 is 0 Å². The Bertz CT molecular complexity index is 451. The Labute approximate surface area is 93.3 Å². The van der Waals surface area contributed by atoms with Crippen molar-refractivity contribution < 1.29 is 9.53 Å². The second kappa shape index (κ2) is 4.61. The highest BCUT2D eigenvalue weighted by Gasteiger charge is 2.23. The van der Waals surface area contributed by atoms with Crippen LogP contribution in [-0.4, -0.2) is 23.3 Å². The zero-order valence-electron chi connectivity index (χ0n) is 8.88. The van der Waals surface area contributed by atoms with E-state index in [1.54, 1.807) is 12.4 Å². The van der Waals surface area contributed by atoms with Crippen LogP contribution in [0.3, 0.4) is 0 Å². The largest absolute Gasteiger partial charge is 0.468 e. The molecule has 2 aromatic rings. The number of methoxy groups -OCH3 is 1. The second-order valence-electron chi connectivity index (χ2n) is 3.40. The van der Waals surface area contributed by atoms with E-state index in [-0.39, 0.29) is 5.97 Å². The molecule has 4 nitrogen and oxygen atoms in total. The number of hydrogen-bond donors (Lipinski definition) is 1. The minimum absolute atomic E-state index is 0.285. The van der Waals surface area contributed by atoms with Crippen molar-refractivity contribution in [3.63, 3.8) is 0 Å². The van der Waals surface area contributed by atoms with Crippen LogP contribution in [0, 0.1) is 0 Å². The average molecular weight is 216 g/mol. The number of carbonyl (C=O) groups excluding carboxylic acids is 1. The van der Waals surface area contributed by atoms with Crippen molar-refractivity contribution in [2.24, 2.45) is 0 Å². The van der Waals surface area contributed by atoms with Gasteiger partial charge >= 0.3 is 5.97 Å². The van der Waals surface area contributed by atoms with Crippen LogP contribution in [-0.2, 0) is 9.53 Å². The van der Waals surface area contributed by atoms with Gasteiger partial charge < -0.3 is 4.74 Å². The third kappa shape index (κ3) is 1.95. The Morgan fingerprint density at radius 2 is 2.06 bits per heavy atom. The molecular formula is C12H12N2O2. The number of H-pyrrole nitrogens is 1. The summed E-state index contributed by atoms with van der Waals surface area (Å²) in [5, 5.41) is 6.55. The maximum atomic E-state index is 11.7. The molecule has 16 heavy (non-hydrogen) atoms. The highest BCUT2D eigenvalue weighted by molar-refractivity contribution is 5.81. The lowest BCUT2D eigenvalue weighted by molar-refractivity contribution is -0.141. The van der Waals surface area contributed by atoms with Gasteiger partial charge in [-0.2, -0.15) is 5.10 Å². The van der Waals surface area contributed by atoms with Crippen LogP contribution in [0.2, 0.25) is 0 Å². The first-order chi connectivity index (χ1) is 7.83. The van der Waals surface area contributed by atoms with E-state index < -0.39 is 5.92 Å². The molecule has 0 fully saturated rings. The molecule has 1 N–H and O–H groups in total. The number of carbonyl (C=O) groups is 1. The molecule has 2 rings (SSSR count). The normalized spacial score (nSPS) is 12.1. The van der Waals surface area contributed by atoms with E-state index in [4.69, 9.17) is 4.74 Å². The van der Waals surface area contributed by atoms with E-state index in [1.807, 2.05) is 30.3 Å². The number of aromatic nitrogens is 2. The maximum absolute atomic E-state index is 11.7. The second-order valence-corrected chi connectivity index (χ2v) is 3.40. The zero-order chi connectivity index (χ0) is 11.4. The van der Waals surface area contributed by atoms with Crippen molar-refractivity contribution >= 4 is 5.97 Å². The molecule has 0 aliphatic rings. The Morgan fingerprint density at radius 1 is 1.31 bits per heavy atom. The highest BCUT2D eigenvalue weighted by atomic mass is 16.5. The minimum atomic E-state index is -0.412. The van der Waals surface area contributed by atoms with Gasteiger partial charge in [0.2, 0.25) is 0 Å². The third-order valence-corrected chi connectivity index (χ3v) is 2.42. The van der Waals surface area contributed by atoms with Crippen LogP contribution in [0.4, 0.5) is 0 Å². The Kier molecular flexibility index (Phi) is 3.00. The van der Waals surface area contributed by atoms with E-state index in [0.717, 1.165) is 11.1 Å². The number of benzene rings is 1. The van der Waals surface area contributed by atoms with E-state index in [1.165, 1.54) is 7.11 Å². The quantitative estimate of drug-likeness (QED) is 0.795. The number of nitrogens with zero attached hydrogens (tertiary/aromatic N) is 1. The van der Waals surface area contributed by atoms with Gasteiger partial charge in [-0.3, -0.25) is 9.89 Å². The summed E-state index contributed by atoms with van der Waals surface area (Å²) in [5.74, 6) is -0.697. The predicted octanol–water partition coefficient (Wildman–Crippen LogP) is 1.71. The van der Waals surface area contributed by atoms with Crippen molar-refractivity contribution in [3.8, 4) is 0 Å². The molecule has 0 radical (unpaired) electrons. The Morgan fingerprint density at radius 3 is 2.62 bits per heavy atom. The van der Waals surface area contributed by atoms with Gasteiger partial charge in [0.25, 0.3) is 0 Å². The summed E-state index contributed by atoms with van der Waals surface area (Å²) in [4.78, 5) is 11.7. The van der Waals surface area contributed by atoms with E-state index in [0.29, 0.717) is 0 Å². The monoisotopic (exact) mass is 216 g/mol. The summed E-state index contributed by atoms with van der Waals surface area (Å²) in [6.45, 7) is 0. The van der Waals surface area contributed by atoms with Gasteiger partial charge in [0.15, 0.2) is 0 Å². The van der Waals surface area contributed by atoms with Crippen LogP contribution in [0.1, 0.15) is 17.0 Å². The molecular weight excluding hydrogens is 204 g/mol. The lowest BCUT2D eigenvalue weighted by Crippen LogP contribution is -2.15. The number of esters is 1. The fourth-order valence-electron chi connectivity index (χ4n) is 1.65. The van der Waals surface area contributed by atoms with Gasteiger partial charge in [0.1, 0.15) is 5.92 Å². The van der Waals surface area contributed by atoms with Gasteiger partial charge in [-0.15, -0.1) is 0 Å². The molecule has 4 heteroatoms. The summed E-state index contributed by atoms with van der Waals surface area (Å²) >= 11 is 0. The van der Waals surface area contributed by atoms with Crippen molar-refractivity contribution in [2.75, 3.05) is 7.11 Å². The summed E-state index contributed by atoms with van der Waals surface area (Å²) in [6, 6.07) is 9.49. The zero-order valence-corrected chi connectivity index (χ0v) is 8.88. The molecule has 0 amide bonds. The maximum Gasteiger partial charge on any atom is 0.317 e. The van der Waals surface area contributed by atoms with Gasteiger partial charge in [-0.1, -0.05) is 30.3 Å². The highest BCUT2D eigenvalue weighted by Crippen LogP contribution is 2.24. The van der Waals surface area contributed by atoms with Gasteiger partial charge in [-0.05, 0) is 5.56 Å². The summed E-state index contributed by atoms with van der Waals surface area (Å²) < 4.78 is 4.81. The van der Waals surface area contributed by atoms with Crippen LogP contribution >= 0.6 is 0 Å².